The molecule has 0 saturated heterocycles. The predicted molar refractivity (Wildman–Crippen MR) is 51.0 cm³/mol. The number of anilines is 1. The lowest BCUT2D eigenvalue weighted by Crippen LogP contribution is -2.39. The van der Waals surface area contributed by atoms with Crippen LogP contribution in [0.5, 0.6) is 0 Å². The van der Waals surface area contributed by atoms with E-state index in [0.717, 1.165) is 5.82 Å². The Morgan fingerprint density at radius 2 is 2.25 bits per heavy atom. The van der Waals surface area contributed by atoms with E-state index < -0.39 is 0 Å². The van der Waals surface area contributed by atoms with Crippen molar-refractivity contribution in [2.75, 3.05) is 11.9 Å². The largest absolute Gasteiger partial charge is 0.364 e. The highest BCUT2D eigenvalue weighted by atomic mass is 15.1. The molecule has 0 amide bonds. The fraction of sp³-hybridized carbons (Fsp3) is 0.444. The second-order valence-electron chi connectivity index (χ2n) is 3.43. The van der Waals surface area contributed by atoms with Gasteiger partial charge in [-0.1, -0.05) is 6.07 Å². The second-order valence-corrected chi connectivity index (χ2v) is 3.43. The zero-order valence-corrected chi connectivity index (χ0v) is 7.54. The fourth-order valence-corrected chi connectivity index (χ4v) is 0.834. The molecule has 0 aliphatic rings. The molecule has 1 rings (SSSR count). The van der Waals surface area contributed by atoms with E-state index in [0.29, 0.717) is 6.54 Å². The minimum Gasteiger partial charge on any atom is -0.364 e. The molecule has 1 heterocycles. The van der Waals surface area contributed by atoms with Crippen molar-refractivity contribution in [1.29, 1.82) is 0 Å². The van der Waals surface area contributed by atoms with Crippen molar-refractivity contribution in [3.63, 3.8) is 0 Å². The Hall–Kier alpha value is -1.09. The minimum absolute atomic E-state index is 0.0889. The SMILES string of the molecule is CC(C)(CN)Nc1ccccn1. The Labute approximate surface area is 73.0 Å². The maximum Gasteiger partial charge on any atom is 0.126 e. The average molecular weight is 165 g/mol. The number of nitrogens with two attached hydrogens (primary N) is 1. The van der Waals surface area contributed by atoms with Crippen molar-refractivity contribution < 1.29 is 0 Å². The van der Waals surface area contributed by atoms with Crippen LogP contribution in [0.2, 0.25) is 0 Å². The van der Waals surface area contributed by atoms with Crippen LogP contribution in [0.3, 0.4) is 0 Å². The van der Waals surface area contributed by atoms with Crippen molar-refractivity contribution in [3.05, 3.63) is 24.4 Å². The van der Waals surface area contributed by atoms with E-state index in [1.54, 1.807) is 6.20 Å². The first-order valence-electron chi connectivity index (χ1n) is 4.03. The summed E-state index contributed by atoms with van der Waals surface area (Å²) in [4.78, 5) is 4.15. The Morgan fingerprint density at radius 3 is 2.75 bits per heavy atom. The van der Waals surface area contributed by atoms with Crippen LogP contribution >= 0.6 is 0 Å². The maximum atomic E-state index is 5.56. The van der Waals surface area contributed by atoms with Gasteiger partial charge in [0, 0.05) is 18.3 Å². The monoisotopic (exact) mass is 165 g/mol. The molecule has 0 fully saturated rings. The topological polar surface area (TPSA) is 50.9 Å². The molecule has 12 heavy (non-hydrogen) atoms. The van der Waals surface area contributed by atoms with Crippen LogP contribution < -0.4 is 11.1 Å². The molecule has 3 N–H and O–H groups in total. The summed E-state index contributed by atoms with van der Waals surface area (Å²) in [7, 11) is 0. The molecular weight excluding hydrogens is 150 g/mol. The predicted octanol–water partition coefficient (Wildman–Crippen LogP) is 1.23. The average Bonchev–Trinajstić information content (AvgIpc) is 2.06. The minimum atomic E-state index is -0.0889. The molecule has 0 radical (unpaired) electrons. The lowest BCUT2D eigenvalue weighted by molar-refractivity contribution is 0.577. The number of aromatic nitrogens is 1. The first-order valence-corrected chi connectivity index (χ1v) is 4.03. The van der Waals surface area contributed by atoms with E-state index in [9.17, 15) is 0 Å². The number of pyridine rings is 1. The molecule has 1 aromatic rings. The third kappa shape index (κ3) is 2.51. The number of nitrogens with zero attached hydrogens (tertiary/aromatic N) is 1. The molecule has 3 nitrogen and oxygen atoms in total. The van der Waals surface area contributed by atoms with Crippen molar-refractivity contribution in [2.24, 2.45) is 5.73 Å². The Bertz CT molecular complexity index is 231. The maximum absolute atomic E-state index is 5.56. The quantitative estimate of drug-likeness (QED) is 0.708. The summed E-state index contributed by atoms with van der Waals surface area (Å²) in [6, 6.07) is 5.76. The van der Waals surface area contributed by atoms with Crippen LogP contribution in [0.15, 0.2) is 24.4 Å². The molecule has 0 aliphatic carbocycles. The lowest BCUT2D eigenvalue weighted by atomic mass is 10.1. The third-order valence-corrected chi connectivity index (χ3v) is 1.64. The van der Waals surface area contributed by atoms with Gasteiger partial charge in [0.05, 0.1) is 0 Å². The van der Waals surface area contributed by atoms with Gasteiger partial charge in [-0.15, -0.1) is 0 Å². The Kier molecular flexibility index (Phi) is 2.65. The van der Waals surface area contributed by atoms with Crippen LogP contribution in [0, 0.1) is 0 Å². The molecule has 0 bridgehead atoms. The molecular formula is C9H15N3. The van der Waals surface area contributed by atoms with Crippen molar-refractivity contribution in [3.8, 4) is 0 Å². The number of hydrogen-bond acceptors (Lipinski definition) is 3. The fourth-order valence-electron chi connectivity index (χ4n) is 0.834. The zero-order valence-electron chi connectivity index (χ0n) is 7.54. The van der Waals surface area contributed by atoms with Crippen molar-refractivity contribution >= 4 is 5.82 Å². The number of hydrogen-bond donors (Lipinski definition) is 2. The van der Waals surface area contributed by atoms with Gasteiger partial charge in [-0.3, -0.25) is 0 Å². The summed E-state index contributed by atoms with van der Waals surface area (Å²) in [6.45, 7) is 4.67. The van der Waals surface area contributed by atoms with Gasteiger partial charge in [0.1, 0.15) is 5.82 Å². The molecule has 66 valence electrons. The molecule has 0 unspecified atom stereocenters. The lowest BCUT2D eigenvalue weighted by Gasteiger charge is -2.24. The molecule has 0 spiro atoms. The van der Waals surface area contributed by atoms with Crippen LogP contribution in [0.25, 0.3) is 0 Å². The second kappa shape index (κ2) is 3.54. The summed E-state index contributed by atoms with van der Waals surface area (Å²) >= 11 is 0. The van der Waals surface area contributed by atoms with E-state index >= 15 is 0 Å². The van der Waals surface area contributed by atoms with Gasteiger partial charge < -0.3 is 11.1 Å². The summed E-state index contributed by atoms with van der Waals surface area (Å²) in [5, 5.41) is 3.23. The molecule has 1 aromatic heterocycles. The highest BCUT2D eigenvalue weighted by Crippen LogP contribution is 2.09. The molecule has 3 heteroatoms. The van der Waals surface area contributed by atoms with Crippen LogP contribution in [0.4, 0.5) is 5.82 Å². The summed E-state index contributed by atoms with van der Waals surface area (Å²) < 4.78 is 0. The van der Waals surface area contributed by atoms with Gasteiger partial charge >= 0.3 is 0 Å². The number of rotatable bonds is 3. The van der Waals surface area contributed by atoms with E-state index in [2.05, 4.69) is 10.3 Å². The first-order chi connectivity index (χ1) is 5.64. The van der Waals surface area contributed by atoms with Crippen LogP contribution in [0.1, 0.15) is 13.8 Å². The van der Waals surface area contributed by atoms with E-state index in [4.69, 9.17) is 5.73 Å². The standard InChI is InChI=1S/C9H15N3/c1-9(2,7-10)12-8-5-3-4-6-11-8/h3-6H,7,10H2,1-2H3,(H,11,12). The van der Waals surface area contributed by atoms with E-state index in [-0.39, 0.29) is 5.54 Å². The van der Waals surface area contributed by atoms with Gasteiger partial charge in [0.2, 0.25) is 0 Å². The molecule has 0 aliphatic heterocycles. The normalized spacial score (nSPS) is 11.2. The molecule has 0 aromatic carbocycles. The van der Waals surface area contributed by atoms with Crippen molar-refractivity contribution in [1.82, 2.24) is 4.98 Å². The number of nitrogens with one attached hydrogen (secondary N) is 1. The summed E-state index contributed by atoms with van der Waals surface area (Å²) in [5.74, 6) is 0.868. The van der Waals surface area contributed by atoms with Gasteiger partial charge in [0.25, 0.3) is 0 Å². The smallest absolute Gasteiger partial charge is 0.126 e. The highest BCUT2D eigenvalue weighted by Gasteiger charge is 2.14. The van der Waals surface area contributed by atoms with Gasteiger partial charge in [-0.2, -0.15) is 0 Å². The van der Waals surface area contributed by atoms with Crippen molar-refractivity contribution in [2.45, 2.75) is 19.4 Å². The van der Waals surface area contributed by atoms with E-state index in [1.165, 1.54) is 0 Å². The Morgan fingerprint density at radius 1 is 1.50 bits per heavy atom. The van der Waals surface area contributed by atoms with E-state index in [1.807, 2.05) is 32.0 Å². The highest BCUT2D eigenvalue weighted by molar-refractivity contribution is 5.36. The van der Waals surface area contributed by atoms with Gasteiger partial charge in [-0.25, -0.2) is 4.98 Å². The zero-order chi connectivity index (χ0) is 9.03. The van der Waals surface area contributed by atoms with Gasteiger partial charge in [-0.05, 0) is 26.0 Å². The Balaban J connectivity index is 2.64. The van der Waals surface area contributed by atoms with Crippen LogP contribution in [-0.4, -0.2) is 17.1 Å². The van der Waals surface area contributed by atoms with Gasteiger partial charge in [0.15, 0.2) is 0 Å². The third-order valence-electron chi connectivity index (χ3n) is 1.64. The summed E-state index contributed by atoms with van der Waals surface area (Å²) in [5.41, 5.74) is 5.47. The molecule has 0 saturated carbocycles. The molecule has 0 atom stereocenters. The first kappa shape index (κ1) is 9.00. The van der Waals surface area contributed by atoms with Crippen LogP contribution in [-0.2, 0) is 0 Å². The summed E-state index contributed by atoms with van der Waals surface area (Å²) in [6.07, 6.45) is 1.76.